The summed E-state index contributed by atoms with van der Waals surface area (Å²) in [5.41, 5.74) is 8.69. The monoisotopic (exact) mass is 303 g/mol. The molecule has 0 saturated heterocycles. The van der Waals surface area contributed by atoms with Crippen LogP contribution < -0.4 is 5.73 Å². The highest BCUT2D eigenvalue weighted by atomic mass is 16.3. The number of nitrogens with two attached hydrogens (primary N) is 1. The minimum atomic E-state index is -0.345. The van der Waals surface area contributed by atoms with Crippen LogP contribution in [0.25, 0.3) is 0 Å². The third kappa shape index (κ3) is 5.10. The summed E-state index contributed by atoms with van der Waals surface area (Å²) in [4.78, 5) is 0. The molecule has 3 N–H and O–H groups in total. The van der Waals surface area contributed by atoms with Gasteiger partial charge in [-0.05, 0) is 49.1 Å². The van der Waals surface area contributed by atoms with E-state index >= 15 is 0 Å². The molecule has 2 atom stereocenters. The van der Waals surface area contributed by atoms with E-state index in [1.807, 2.05) is 0 Å². The smallest absolute Gasteiger partial charge is 0.0611 e. The Bertz CT molecular complexity index is 428. The van der Waals surface area contributed by atoms with Gasteiger partial charge >= 0.3 is 0 Å². The fraction of sp³-hybridized carbons (Fsp3) is 0.700. The Morgan fingerprint density at radius 2 is 1.77 bits per heavy atom. The molecule has 22 heavy (non-hydrogen) atoms. The van der Waals surface area contributed by atoms with Gasteiger partial charge in [-0.2, -0.15) is 0 Å². The quantitative estimate of drug-likeness (QED) is 0.658. The Kier molecular flexibility index (Phi) is 6.91. The Hall–Kier alpha value is -0.860. The van der Waals surface area contributed by atoms with Gasteiger partial charge in [-0.15, -0.1) is 0 Å². The minimum Gasteiger partial charge on any atom is -0.394 e. The van der Waals surface area contributed by atoms with Gasteiger partial charge in [0.1, 0.15) is 0 Å². The van der Waals surface area contributed by atoms with Crippen molar-refractivity contribution in [3.8, 4) is 0 Å². The average molecular weight is 303 g/mol. The summed E-state index contributed by atoms with van der Waals surface area (Å²) in [6.07, 6.45) is 12.3. The number of unbranched alkanes of at least 4 members (excludes halogenated alkanes) is 5. The van der Waals surface area contributed by atoms with Gasteiger partial charge in [0.2, 0.25) is 0 Å². The molecule has 1 aromatic rings. The molecule has 0 aromatic heterocycles. The number of rotatable bonds is 9. The van der Waals surface area contributed by atoms with E-state index in [4.69, 9.17) is 5.73 Å². The first-order valence-electron chi connectivity index (χ1n) is 9.15. The number of aliphatic hydroxyl groups is 1. The van der Waals surface area contributed by atoms with Crippen molar-refractivity contribution < 1.29 is 5.11 Å². The van der Waals surface area contributed by atoms with Crippen LogP contribution in [-0.2, 0) is 6.42 Å². The Morgan fingerprint density at radius 1 is 1.09 bits per heavy atom. The highest BCUT2D eigenvalue weighted by Crippen LogP contribution is 2.39. The molecule has 0 radical (unpaired) electrons. The Balaban J connectivity index is 1.74. The first-order valence-corrected chi connectivity index (χ1v) is 9.15. The van der Waals surface area contributed by atoms with Gasteiger partial charge < -0.3 is 10.8 Å². The zero-order valence-corrected chi connectivity index (χ0v) is 14.2. The summed E-state index contributed by atoms with van der Waals surface area (Å²) in [7, 11) is 0. The van der Waals surface area contributed by atoms with E-state index < -0.39 is 0 Å². The number of hydrogen-bond donors (Lipinski definition) is 2. The second-order valence-electron chi connectivity index (χ2n) is 7.22. The Morgan fingerprint density at radius 3 is 2.41 bits per heavy atom. The van der Waals surface area contributed by atoms with Gasteiger partial charge in [-0.3, -0.25) is 0 Å². The van der Waals surface area contributed by atoms with Crippen molar-refractivity contribution in [3.63, 3.8) is 0 Å². The van der Waals surface area contributed by atoms with E-state index in [2.05, 4.69) is 31.2 Å². The fourth-order valence-corrected chi connectivity index (χ4v) is 3.65. The molecule has 2 heteroatoms. The van der Waals surface area contributed by atoms with Gasteiger partial charge in [-0.1, -0.05) is 63.3 Å². The van der Waals surface area contributed by atoms with E-state index in [0.29, 0.717) is 5.92 Å². The lowest BCUT2D eigenvalue weighted by atomic mass is 9.92. The molecule has 124 valence electrons. The van der Waals surface area contributed by atoms with Gasteiger partial charge in [0.25, 0.3) is 0 Å². The average Bonchev–Trinajstić information content (AvgIpc) is 2.94. The second-order valence-corrected chi connectivity index (χ2v) is 7.22. The maximum absolute atomic E-state index is 9.38. The zero-order chi connectivity index (χ0) is 15.8. The summed E-state index contributed by atoms with van der Waals surface area (Å²) in [6, 6.07) is 9.13. The third-order valence-electron chi connectivity index (χ3n) is 5.23. The van der Waals surface area contributed by atoms with E-state index in [0.717, 1.165) is 19.3 Å². The van der Waals surface area contributed by atoms with E-state index in [-0.39, 0.29) is 12.1 Å². The van der Waals surface area contributed by atoms with Crippen LogP contribution in [0, 0.1) is 0 Å². The molecule has 0 aliphatic heterocycles. The lowest BCUT2D eigenvalue weighted by Gasteiger charge is -2.21. The summed E-state index contributed by atoms with van der Waals surface area (Å²) >= 11 is 0. The van der Waals surface area contributed by atoms with Crippen LogP contribution in [0.3, 0.4) is 0 Å². The lowest BCUT2D eigenvalue weighted by molar-refractivity contribution is 0.198. The highest BCUT2D eigenvalue weighted by molar-refractivity contribution is 5.27. The van der Waals surface area contributed by atoms with Gasteiger partial charge in [0, 0.05) is 5.54 Å². The number of benzene rings is 1. The molecule has 1 fully saturated rings. The maximum atomic E-state index is 9.38. The molecule has 1 saturated carbocycles. The maximum Gasteiger partial charge on any atom is 0.0611 e. The number of aryl methyl sites for hydroxylation is 1. The molecule has 0 amide bonds. The van der Waals surface area contributed by atoms with Gasteiger partial charge in [0.15, 0.2) is 0 Å². The van der Waals surface area contributed by atoms with Crippen molar-refractivity contribution in [2.75, 3.05) is 6.61 Å². The third-order valence-corrected chi connectivity index (χ3v) is 5.23. The first kappa shape index (κ1) is 17.5. The largest absolute Gasteiger partial charge is 0.394 e. The molecule has 0 bridgehead atoms. The summed E-state index contributed by atoms with van der Waals surface area (Å²) in [5, 5.41) is 9.38. The zero-order valence-electron chi connectivity index (χ0n) is 14.2. The van der Waals surface area contributed by atoms with Crippen molar-refractivity contribution in [2.24, 2.45) is 5.73 Å². The molecule has 0 unspecified atom stereocenters. The van der Waals surface area contributed by atoms with E-state index in [1.165, 1.54) is 56.1 Å². The molecule has 1 aliphatic rings. The lowest BCUT2D eigenvalue weighted by Crippen LogP contribution is -2.40. The molecule has 2 rings (SSSR count). The van der Waals surface area contributed by atoms with Gasteiger partial charge in [-0.25, -0.2) is 0 Å². The van der Waals surface area contributed by atoms with E-state index in [9.17, 15) is 5.11 Å². The van der Waals surface area contributed by atoms with Crippen molar-refractivity contribution in [3.05, 3.63) is 35.4 Å². The molecule has 1 aromatic carbocycles. The van der Waals surface area contributed by atoms with E-state index in [1.54, 1.807) is 0 Å². The molecular formula is C20H33NO. The summed E-state index contributed by atoms with van der Waals surface area (Å²) < 4.78 is 0. The normalized spacial score (nSPS) is 24.8. The summed E-state index contributed by atoms with van der Waals surface area (Å²) in [5.74, 6) is 0.528. The first-order chi connectivity index (χ1) is 10.7. The number of hydrogen-bond acceptors (Lipinski definition) is 2. The van der Waals surface area contributed by atoms with Crippen molar-refractivity contribution >= 4 is 0 Å². The predicted molar refractivity (Wildman–Crippen MR) is 94.1 cm³/mol. The molecular weight excluding hydrogens is 270 g/mol. The van der Waals surface area contributed by atoms with Gasteiger partial charge in [0.05, 0.1) is 6.61 Å². The topological polar surface area (TPSA) is 46.2 Å². The minimum absolute atomic E-state index is 0.111. The Labute approximate surface area is 136 Å². The summed E-state index contributed by atoms with van der Waals surface area (Å²) in [6.45, 7) is 2.38. The van der Waals surface area contributed by atoms with Crippen LogP contribution in [0.15, 0.2) is 24.3 Å². The fourth-order valence-electron chi connectivity index (χ4n) is 3.65. The second kappa shape index (κ2) is 8.69. The van der Waals surface area contributed by atoms with Crippen LogP contribution in [0.2, 0.25) is 0 Å². The van der Waals surface area contributed by atoms with Crippen molar-refractivity contribution in [2.45, 2.75) is 82.6 Å². The number of aliphatic hydroxyl groups excluding tert-OH is 1. The van der Waals surface area contributed by atoms with Crippen LogP contribution in [0.1, 0.15) is 81.8 Å². The molecule has 2 nitrogen and oxygen atoms in total. The molecule has 0 spiro atoms. The SMILES string of the molecule is CCCCCCCCc1ccc([C@@H]2CC[C@@](N)(CO)C2)cc1. The van der Waals surface area contributed by atoms with Crippen LogP contribution >= 0.6 is 0 Å². The molecule has 0 heterocycles. The predicted octanol–water partition coefficient (Wildman–Crippen LogP) is 4.55. The van der Waals surface area contributed by atoms with Crippen LogP contribution in [-0.4, -0.2) is 17.3 Å². The molecule has 1 aliphatic carbocycles. The van der Waals surface area contributed by atoms with Crippen molar-refractivity contribution in [1.82, 2.24) is 0 Å². The standard InChI is InChI=1S/C20H33NO/c1-2-3-4-5-6-7-8-17-9-11-18(12-10-17)19-13-14-20(21,15-19)16-22/h9-12,19,22H,2-8,13-16,21H2,1H3/t19-,20+/m1/s1. The highest BCUT2D eigenvalue weighted by Gasteiger charge is 2.35. The van der Waals surface area contributed by atoms with Crippen molar-refractivity contribution in [1.29, 1.82) is 0 Å². The van der Waals surface area contributed by atoms with Crippen LogP contribution in [0.5, 0.6) is 0 Å². The van der Waals surface area contributed by atoms with Crippen LogP contribution in [0.4, 0.5) is 0 Å².